The Morgan fingerprint density at radius 1 is 1.08 bits per heavy atom. The number of ether oxygens (including phenoxy) is 3. The van der Waals surface area contributed by atoms with Crippen LogP contribution in [0, 0.1) is 17.7 Å². The molecule has 1 aliphatic heterocycles. The third kappa shape index (κ3) is 4.64. The fourth-order valence-corrected chi connectivity index (χ4v) is 3.87. The summed E-state index contributed by atoms with van der Waals surface area (Å²) >= 11 is 0. The van der Waals surface area contributed by atoms with Crippen molar-refractivity contribution in [3.8, 4) is 23.3 Å². The average Bonchev–Trinajstić information content (AvgIpc) is 2.88. The number of amides is 1. The van der Waals surface area contributed by atoms with Crippen molar-refractivity contribution in [2.75, 3.05) is 13.7 Å². The van der Waals surface area contributed by atoms with E-state index in [1.54, 1.807) is 49.4 Å². The van der Waals surface area contributed by atoms with E-state index >= 15 is 0 Å². The molecule has 0 fully saturated rings. The zero-order valence-electron chi connectivity index (χ0n) is 19.5. The lowest BCUT2D eigenvalue weighted by molar-refractivity contribution is -0.162. The van der Waals surface area contributed by atoms with Crippen LogP contribution in [0.3, 0.4) is 0 Å². The summed E-state index contributed by atoms with van der Waals surface area (Å²) in [5.41, 5.74) is -1.43. The molecule has 8 heteroatoms. The van der Waals surface area contributed by atoms with Crippen molar-refractivity contribution in [2.24, 2.45) is 0 Å². The van der Waals surface area contributed by atoms with Crippen LogP contribution in [0.15, 0.2) is 72.8 Å². The zero-order valence-corrected chi connectivity index (χ0v) is 19.5. The summed E-state index contributed by atoms with van der Waals surface area (Å²) in [5.74, 6) is 1.97. The molecule has 0 radical (unpaired) electrons. The normalized spacial score (nSPS) is 18.1. The molecule has 0 saturated heterocycles. The molecule has 2 atom stereocenters. The summed E-state index contributed by atoms with van der Waals surface area (Å²) in [5, 5.41) is 2.55. The van der Waals surface area contributed by atoms with E-state index in [1.165, 1.54) is 37.4 Å². The second kappa shape index (κ2) is 10.3. The van der Waals surface area contributed by atoms with Gasteiger partial charge in [0.15, 0.2) is 0 Å². The maximum Gasteiger partial charge on any atom is 0.350 e. The van der Waals surface area contributed by atoms with Crippen LogP contribution >= 0.6 is 0 Å². The number of rotatable bonds is 5. The summed E-state index contributed by atoms with van der Waals surface area (Å²) in [7, 11) is 1.49. The Hall–Kier alpha value is -4.64. The molecule has 7 nitrogen and oxygen atoms in total. The fraction of sp³-hybridized carbons (Fsp3) is 0.179. The van der Waals surface area contributed by atoms with Crippen molar-refractivity contribution >= 4 is 17.8 Å². The fourth-order valence-electron chi connectivity index (χ4n) is 3.87. The van der Waals surface area contributed by atoms with Crippen molar-refractivity contribution in [1.29, 1.82) is 0 Å². The third-order valence-corrected chi connectivity index (χ3v) is 5.63. The molecular formula is C28H22FNO6. The standard InChI is InChI=1S/C28H22FNO6/c1-3-35-26(32)28(30-25(31)19-12-14-21(34-2)15-13-19)23(16-11-18-7-6-8-20(29)17-18)22-9-4-5-10-24(22)36-27(28)33/h4-10,12-15,17,23H,3H2,1-2H3,(H,30,31)/t23-,28-/m0/s1. The van der Waals surface area contributed by atoms with Crippen LogP contribution in [-0.2, 0) is 14.3 Å². The number of carbonyl (C=O) groups is 3. The zero-order chi connectivity index (χ0) is 25.7. The summed E-state index contributed by atoms with van der Waals surface area (Å²) in [6, 6.07) is 18.3. The molecule has 36 heavy (non-hydrogen) atoms. The summed E-state index contributed by atoms with van der Waals surface area (Å²) in [4.78, 5) is 40.1. The predicted octanol–water partition coefficient (Wildman–Crippen LogP) is 3.62. The van der Waals surface area contributed by atoms with Gasteiger partial charge in [0, 0.05) is 16.7 Å². The molecule has 0 spiro atoms. The molecule has 3 aromatic carbocycles. The van der Waals surface area contributed by atoms with Crippen molar-refractivity contribution in [3.63, 3.8) is 0 Å². The maximum atomic E-state index is 13.7. The van der Waals surface area contributed by atoms with Gasteiger partial charge in [0.25, 0.3) is 11.4 Å². The van der Waals surface area contributed by atoms with Gasteiger partial charge in [0.2, 0.25) is 0 Å². The largest absolute Gasteiger partial charge is 0.497 e. The topological polar surface area (TPSA) is 90.9 Å². The van der Waals surface area contributed by atoms with E-state index in [0.29, 0.717) is 16.9 Å². The SMILES string of the molecule is CCOC(=O)[C@]1(NC(=O)c2ccc(OC)cc2)C(=O)Oc2ccccc2[C@@H]1C#Cc1cccc(F)c1. The highest BCUT2D eigenvalue weighted by molar-refractivity contribution is 6.13. The van der Waals surface area contributed by atoms with Gasteiger partial charge in [-0.15, -0.1) is 0 Å². The number of carbonyl (C=O) groups excluding carboxylic acids is 3. The highest BCUT2D eigenvalue weighted by Gasteiger charge is 2.60. The van der Waals surface area contributed by atoms with E-state index < -0.39 is 35.1 Å². The Morgan fingerprint density at radius 3 is 2.53 bits per heavy atom. The minimum Gasteiger partial charge on any atom is -0.497 e. The number of hydrogen-bond donors (Lipinski definition) is 1. The smallest absolute Gasteiger partial charge is 0.350 e. The first-order chi connectivity index (χ1) is 17.4. The molecule has 0 saturated carbocycles. The molecule has 1 N–H and O–H groups in total. The highest BCUT2D eigenvalue weighted by atomic mass is 19.1. The quantitative estimate of drug-likeness (QED) is 0.256. The van der Waals surface area contributed by atoms with E-state index in [-0.39, 0.29) is 17.9 Å². The number of hydrogen-bond acceptors (Lipinski definition) is 6. The lowest BCUT2D eigenvalue weighted by Gasteiger charge is -2.38. The first-order valence-corrected chi connectivity index (χ1v) is 11.1. The average molecular weight is 487 g/mol. The number of para-hydroxylation sites is 1. The Bertz CT molecular complexity index is 1370. The van der Waals surface area contributed by atoms with E-state index in [2.05, 4.69) is 17.2 Å². The molecule has 1 heterocycles. The Morgan fingerprint density at radius 2 is 1.83 bits per heavy atom. The van der Waals surface area contributed by atoms with Crippen LogP contribution in [-0.4, -0.2) is 37.1 Å². The summed E-state index contributed by atoms with van der Waals surface area (Å²) in [6.07, 6.45) is 0. The van der Waals surface area contributed by atoms with Crippen LogP contribution in [0.2, 0.25) is 0 Å². The monoisotopic (exact) mass is 487 g/mol. The van der Waals surface area contributed by atoms with Gasteiger partial charge in [0.1, 0.15) is 17.3 Å². The number of halogens is 1. The lowest BCUT2D eigenvalue weighted by atomic mass is 9.76. The van der Waals surface area contributed by atoms with Gasteiger partial charge in [0.05, 0.1) is 19.6 Å². The third-order valence-electron chi connectivity index (χ3n) is 5.63. The molecule has 3 aromatic rings. The van der Waals surface area contributed by atoms with Crippen molar-refractivity contribution in [2.45, 2.75) is 18.4 Å². The second-order valence-corrected chi connectivity index (χ2v) is 7.85. The minimum atomic E-state index is -2.32. The number of fused-ring (bicyclic) bond motifs is 1. The minimum absolute atomic E-state index is 0.0576. The second-order valence-electron chi connectivity index (χ2n) is 7.85. The lowest BCUT2D eigenvalue weighted by Crippen LogP contribution is -2.66. The number of methoxy groups -OCH3 is 1. The Labute approximate surface area is 207 Å². The van der Waals surface area contributed by atoms with Crippen LogP contribution < -0.4 is 14.8 Å². The molecule has 0 bridgehead atoms. The molecule has 1 aliphatic rings. The van der Waals surface area contributed by atoms with E-state index in [4.69, 9.17) is 14.2 Å². The van der Waals surface area contributed by atoms with Crippen molar-refractivity contribution < 1.29 is 33.0 Å². The van der Waals surface area contributed by atoms with Gasteiger partial charge < -0.3 is 19.5 Å². The van der Waals surface area contributed by atoms with Crippen LogP contribution in [0.4, 0.5) is 4.39 Å². The Kier molecular flexibility index (Phi) is 7.02. The van der Waals surface area contributed by atoms with Crippen molar-refractivity contribution in [3.05, 3.63) is 95.3 Å². The highest BCUT2D eigenvalue weighted by Crippen LogP contribution is 2.41. The van der Waals surface area contributed by atoms with E-state index in [0.717, 1.165) is 0 Å². The molecule has 0 aromatic heterocycles. The number of benzene rings is 3. The predicted molar refractivity (Wildman–Crippen MR) is 128 cm³/mol. The molecule has 182 valence electrons. The number of esters is 2. The molecule has 0 unspecified atom stereocenters. The van der Waals surface area contributed by atoms with Gasteiger partial charge in [-0.3, -0.25) is 4.79 Å². The van der Waals surface area contributed by atoms with Gasteiger partial charge >= 0.3 is 11.9 Å². The molecular weight excluding hydrogens is 465 g/mol. The first kappa shape index (κ1) is 24.5. The van der Waals surface area contributed by atoms with Gasteiger partial charge in [-0.2, -0.15) is 0 Å². The van der Waals surface area contributed by atoms with Gasteiger partial charge in [-0.25, -0.2) is 14.0 Å². The first-order valence-electron chi connectivity index (χ1n) is 11.1. The van der Waals surface area contributed by atoms with Gasteiger partial charge in [-0.05, 0) is 55.5 Å². The van der Waals surface area contributed by atoms with E-state index in [9.17, 15) is 18.8 Å². The van der Waals surface area contributed by atoms with E-state index in [1.807, 2.05) is 0 Å². The van der Waals surface area contributed by atoms with Crippen LogP contribution in [0.25, 0.3) is 0 Å². The van der Waals surface area contributed by atoms with Crippen molar-refractivity contribution in [1.82, 2.24) is 5.32 Å². The summed E-state index contributed by atoms with van der Waals surface area (Å²) in [6.45, 7) is 1.52. The van der Waals surface area contributed by atoms with Crippen LogP contribution in [0.5, 0.6) is 11.5 Å². The Balaban J connectivity index is 1.86. The van der Waals surface area contributed by atoms with Gasteiger partial charge in [-0.1, -0.05) is 36.1 Å². The van der Waals surface area contributed by atoms with Crippen LogP contribution in [0.1, 0.15) is 34.3 Å². The molecule has 0 aliphatic carbocycles. The number of nitrogens with one attached hydrogen (secondary N) is 1. The summed E-state index contributed by atoms with van der Waals surface area (Å²) < 4.78 is 29.6. The molecule has 1 amide bonds. The maximum absolute atomic E-state index is 13.7. The molecule has 4 rings (SSSR count).